The normalized spacial score (nSPS) is 17.2. The second-order valence-corrected chi connectivity index (χ2v) is 8.98. The molecule has 1 N–H and O–H groups in total. The SMILES string of the molecule is CCCCOc1cccc(C(O)=C2C(=O)C(=O)N(Cc3ccncc3)C2c2ccc(Br)cc2)c1. The predicted molar refractivity (Wildman–Crippen MR) is 133 cm³/mol. The molecule has 1 aliphatic rings. The summed E-state index contributed by atoms with van der Waals surface area (Å²) in [6.45, 7) is 2.86. The van der Waals surface area contributed by atoms with Gasteiger partial charge in [0.25, 0.3) is 11.7 Å². The van der Waals surface area contributed by atoms with E-state index in [1.54, 1.807) is 48.8 Å². The van der Waals surface area contributed by atoms with Crippen molar-refractivity contribution >= 4 is 33.4 Å². The van der Waals surface area contributed by atoms with Crippen LogP contribution in [0.4, 0.5) is 0 Å². The van der Waals surface area contributed by atoms with Crippen LogP contribution in [-0.2, 0) is 16.1 Å². The molecule has 1 fully saturated rings. The Balaban J connectivity index is 1.78. The molecule has 1 saturated heterocycles. The molecule has 1 unspecified atom stereocenters. The van der Waals surface area contributed by atoms with Crippen molar-refractivity contribution < 1.29 is 19.4 Å². The number of pyridine rings is 1. The molecule has 6 nitrogen and oxygen atoms in total. The van der Waals surface area contributed by atoms with Gasteiger partial charge in [0.2, 0.25) is 0 Å². The van der Waals surface area contributed by atoms with Crippen LogP contribution in [0, 0.1) is 0 Å². The van der Waals surface area contributed by atoms with Gasteiger partial charge in [-0.15, -0.1) is 0 Å². The lowest BCUT2D eigenvalue weighted by Gasteiger charge is -2.25. The third-order valence-corrected chi connectivity index (χ3v) is 6.23. The van der Waals surface area contributed by atoms with E-state index in [0.717, 1.165) is 28.4 Å². The molecule has 1 amide bonds. The molecule has 174 valence electrons. The maximum absolute atomic E-state index is 13.2. The average molecular weight is 521 g/mol. The van der Waals surface area contributed by atoms with Crippen LogP contribution in [0.25, 0.3) is 5.76 Å². The van der Waals surface area contributed by atoms with E-state index < -0.39 is 17.7 Å². The summed E-state index contributed by atoms with van der Waals surface area (Å²) in [6, 6.07) is 17.2. The molecule has 34 heavy (non-hydrogen) atoms. The second-order valence-electron chi connectivity index (χ2n) is 8.06. The molecule has 0 spiro atoms. The fourth-order valence-corrected chi connectivity index (χ4v) is 4.21. The van der Waals surface area contributed by atoms with Crippen LogP contribution < -0.4 is 4.74 Å². The van der Waals surface area contributed by atoms with Crippen LogP contribution in [0.1, 0.15) is 42.5 Å². The minimum absolute atomic E-state index is 0.0621. The highest BCUT2D eigenvalue weighted by Crippen LogP contribution is 2.40. The van der Waals surface area contributed by atoms with Crippen LogP contribution in [0.15, 0.2) is 83.1 Å². The summed E-state index contributed by atoms with van der Waals surface area (Å²) < 4.78 is 6.64. The zero-order valence-electron chi connectivity index (χ0n) is 18.8. The molecule has 3 aromatic rings. The van der Waals surface area contributed by atoms with Gasteiger partial charge in [0, 0.05) is 29.0 Å². The molecule has 1 aliphatic heterocycles. The first-order chi connectivity index (χ1) is 16.5. The summed E-state index contributed by atoms with van der Waals surface area (Å²) in [5.41, 5.74) is 2.06. The number of halogens is 1. The standard InChI is InChI=1S/C27H25BrN2O4/c1-2-3-15-34-22-6-4-5-20(16-22)25(31)23-24(19-7-9-21(28)10-8-19)30(27(33)26(23)32)17-18-11-13-29-14-12-18/h4-14,16,24,31H,2-3,15,17H2,1H3. The third kappa shape index (κ3) is 5.04. The molecular weight excluding hydrogens is 496 g/mol. The van der Waals surface area contributed by atoms with E-state index in [9.17, 15) is 14.7 Å². The number of benzene rings is 2. The number of carbonyl (C=O) groups excluding carboxylic acids is 2. The first-order valence-corrected chi connectivity index (χ1v) is 11.9. The molecule has 0 bridgehead atoms. The maximum atomic E-state index is 13.2. The third-order valence-electron chi connectivity index (χ3n) is 5.70. The smallest absolute Gasteiger partial charge is 0.295 e. The van der Waals surface area contributed by atoms with Crippen LogP contribution in [-0.4, -0.2) is 33.3 Å². The van der Waals surface area contributed by atoms with Gasteiger partial charge in [-0.2, -0.15) is 0 Å². The van der Waals surface area contributed by atoms with Gasteiger partial charge in [-0.25, -0.2) is 0 Å². The fourth-order valence-electron chi connectivity index (χ4n) is 3.94. The van der Waals surface area contributed by atoms with Crippen LogP contribution in [0.3, 0.4) is 0 Å². The van der Waals surface area contributed by atoms with E-state index in [1.165, 1.54) is 4.90 Å². The van der Waals surface area contributed by atoms with Crippen LogP contribution in [0.5, 0.6) is 5.75 Å². The number of unbranched alkanes of at least 4 members (excludes halogenated alkanes) is 1. The Labute approximate surface area is 207 Å². The van der Waals surface area contributed by atoms with E-state index in [4.69, 9.17) is 4.74 Å². The Morgan fingerprint density at radius 1 is 1.09 bits per heavy atom. The minimum atomic E-state index is -0.731. The first-order valence-electron chi connectivity index (χ1n) is 11.2. The van der Waals surface area contributed by atoms with Gasteiger partial charge < -0.3 is 14.7 Å². The molecule has 0 saturated carbocycles. The number of ketones is 1. The Hall–Kier alpha value is -3.45. The second kappa shape index (κ2) is 10.7. The summed E-state index contributed by atoms with van der Waals surface area (Å²) in [7, 11) is 0. The number of rotatable bonds is 8. The van der Waals surface area contributed by atoms with Gasteiger partial charge in [-0.05, 0) is 53.9 Å². The van der Waals surface area contributed by atoms with Crippen molar-refractivity contribution in [1.29, 1.82) is 0 Å². The van der Waals surface area contributed by atoms with Crippen molar-refractivity contribution in [2.45, 2.75) is 32.4 Å². The van der Waals surface area contributed by atoms with Crippen molar-refractivity contribution in [1.82, 2.24) is 9.88 Å². The molecule has 0 radical (unpaired) electrons. The topological polar surface area (TPSA) is 79.7 Å². The number of hydrogen-bond donors (Lipinski definition) is 1. The molecular formula is C27H25BrN2O4. The number of amides is 1. The van der Waals surface area contributed by atoms with Crippen molar-refractivity contribution in [2.75, 3.05) is 6.61 Å². The lowest BCUT2D eigenvalue weighted by Crippen LogP contribution is -2.29. The van der Waals surface area contributed by atoms with Crippen molar-refractivity contribution in [3.8, 4) is 5.75 Å². The lowest BCUT2D eigenvalue weighted by molar-refractivity contribution is -0.140. The highest BCUT2D eigenvalue weighted by Gasteiger charge is 2.46. The Kier molecular flexibility index (Phi) is 7.43. The van der Waals surface area contributed by atoms with E-state index >= 15 is 0 Å². The number of nitrogens with zero attached hydrogens (tertiary/aromatic N) is 2. The highest BCUT2D eigenvalue weighted by molar-refractivity contribution is 9.10. The summed E-state index contributed by atoms with van der Waals surface area (Å²) in [5, 5.41) is 11.3. The number of aliphatic hydroxyl groups is 1. The van der Waals surface area contributed by atoms with Crippen molar-refractivity contribution in [3.63, 3.8) is 0 Å². The largest absolute Gasteiger partial charge is 0.507 e. The Morgan fingerprint density at radius 2 is 1.82 bits per heavy atom. The van der Waals surface area contributed by atoms with E-state index in [2.05, 4.69) is 27.8 Å². The fraction of sp³-hybridized carbons (Fsp3) is 0.222. The number of aliphatic hydroxyl groups excluding tert-OH is 1. The molecule has 1 aromatic heterocycles. The molecule has 2 heterocycles. The summed E-state index contributed by atoms with van der Waals surface area (Å²) in [4.78, 5) is 31.9. The number of hydrogen-bond acceptors (Lipinski definition) is 5. The zero-order chi connectivity index (χ0) is 24.1. The lowest BCUT2D eigenvalue weighted by atomic mass is 9.95. The van der Waals surface area contributed by atoms with E-state index in [-0.39, 0.29) is 17.9 Å². The zero-order valence-corrected chi connectivity index (χ0v) is 20.4. The molecule has 1 atom stereocenters. The quantitative estimate of drug-likeness (QED) is 0.180. The van der Waals surface area contributed by atoms with E-state index in [0.29, 0.717) is 17.9 Å². The first kappa shape index (κ1) is 23.7. The minimum Gasteiger partial charge on any atom is -0.507 e. The molecule has 4 rings (SSSR count). The van der Waals surface area contributed by atoms with Gasteiger partial charge in [-0.1, -0.05) is 53.5 Å². The number of carbonyl (C=O) groups is 2. The monoisotopic (exact) mass is 520 g/mol. The molecule has 2 aromatic carbocycles. The number of likely N-dealkylation sites (tertiary alicyclic amines) is 1. The Morgan fingerprint density at radius 3 is 2.53 bits per heavy atom. The van der Waals surface area contributed by atoms with Crippen molar-refractivity contribution in [2.24, 2.45) is 0 Å². The summed E-state index contributed by atoms with van der Waals surface area (Å²) in [5.74, 6) is -0.980. The van der Waals surface area contributed by atoms with Gasteiger partial charge >= 0.3 is 0 Å². The van der Waals surface area contributed by atoms with E-state index in [1.807, 2.05) is 24.3 Å². The van der Waals surface area contributed by atoms with Gasteiger partial charge in [0.05, 0.1) is 18.2 Å². The average Bonchev–Trinajstić information content (AvgIpc) is 3.10. The maximum Gasteiger partial charge on any atom is 0.295 e. The highest BCUT2D eigenvalue weighted by atomic mass is 79.9. The molecule has 7 heteroatoms. The van der Waals surface area contributed by atoms with Crippen LogP contribution >= 0.6 is 15.9 Å². The van der Waals surface area contributed by atoms with Gasteiger partial charge in [0.15, 0.2) is 0 Å². The molecule has 0 aliphatic carbocycles. The number of ether oxygens (including phenoxy) is 1. The number of aromatic nitrogens is 1. The predicted octanol–water partition coefficient (Wildman–Crippen LogP) is 5.64. The van der Waals surface area contributed by atoms with Crippen LogP contribution in [0.2, 0.25) is 0 Å². The van der Waals surface area contributed by atoms with Gasteiger partial charge in [-0.3, -0.25) is 14.6 Å². The summed E-state index contributed by atoms with van der Waals surface area (Å²) in [6.07, 6.45) is 5.21. The van der Waals surface area contributed by atoms with Crippen molar-refractivity contribution in [3.05, 3.63) is 99.8 Å². The Bertz CT molecular complexity index is 1210. The van der Waals surface area contributed by atoms with Gasteiger partial charge in [0.1, 0.15) is 11.5 Å². The number of Topliss-reactive ketones (excluding diaryl/α,β-unsaturated/α-hetero) is 1. The summed E-state index contributed by atoms with van der Waals surface area (Å²) >= 11 is 3.43.